The van der Waals surface area contributed by atoms with Crippen molar-refractivity contribution in [3.8, 4) is 5.75 Å². The first-order valence-corrected chi connectivity index (χ1v) is 7.98. The summed E-state index contributed by atoms with van der Waals surface area (Å²) in [6, 6.07) is 7.12. The van der Waals surface area contributed by atoms with Crippen LogP contribution in [0, 0.1) is 0 Å². The Hall–Kier alpha value is -2.50. The Labute approximate surface area is 142 Å². The van der Waals surface area contributed by atoms with Crippen LogP contribution in [0.3, 0.4) is 0 Å². The smallest absolute Gasteiger partial charge is 0.354 e. The maximum atomic E-state index is 11.7. The molecule has 1 N–H and O–H groups in total. The van der Waals surface area contributed by atoms with Crippen molar-refractivity contribution in [3.63, 3.8) is 0 Å². The summed E-state index contributed by atoms with van der Waals surface area (Å²) in [5, 5.41) is 2.84. The maximum Gasteiger partial charge on any atom is 0.354 e. The number of hydrogen-bond donors (Lipinski definition) is 1. The third-order valence-electron chi connectivity index (χ3n) is 3.27. The number of nitrogens with one attached hydrogen (secondary N) is 1. The lowest BCUT2D eigenvalue weighted by atomic mass is 10.2. The quantitative estimate of drug-likeness (QED) is 0.402. The average molecular weight is 335 g/mol. The third kappa shape index (κ3) is 7.17. The van der Waals surface area contributed by atoms with Crippen LogP contribution in [0.5, 0.6) is 5.75 Å². The molecule has 0 aliphatic carbocycles. The van der Waals surface area contributed by atoms with E-state index < -0.39 is 11.9 Å². The Kier molecular flexibility index (Phi) is 9.04. The Morgan fingerprint density at radius 2 is 1.75 bits per heavy atom. The van der Waals surface area contributed by atoms with Gasteiger partial charge in [-0.1, -0.05) is 26.2 Å². The topological polar surface area (TPSA) is 73.9 Å². The molecule has 1 aromatic carbocycles. The van der Waals surface area contributed by atoms with Crippen molar-refractivity contribution in [1.82, 2.24) is 0 Å². The predicted octanol–water partition coefficient (Wildman–Crippen LogP) is 3.29. The average Bonchev–Trinajstić information content (AvgIpc) is 2.61. The first-order chi connectivity index (χ1) is 11.6. The first-order valence-electron chi connectivity index (χ1n) is 7.98. The SMILES string of the molecule is CCCCCCOc1ccc(N/C(=C/C(=O)OC)C(=O)OC)cc1. The molecule has 0 bridgehead atoms. The molecule has 0 amide bonds. The van der Waals surface area contributed by atoms with Gasteiger partial charge in [0.05, 0.1) is 26.9 Å². The fourth-order valence-corrected chi connectivity index (χ4v) is 1.94. The van der Waals surface area contributed by atoms with E-state index in [0.717, 1.165) is 24.7 Å². The maximum absolute atomic E-state index is 11.7. The number of hydrogen-bond acceptors (Lipinski definition) is 6. The molecule has 0 aliphatic rings. The summed E-state index contributed by atoms with van der Waals surface area (Å²) in [5.74, 6) is -0.541. The highest BCUT2D eigenvalue weighted by molar-refractivity contribution is 5.98. The zero-order valence-corrected chi connectivity index (χ0v) is 14.5. The number of rotatable bonds is 10. The Balaban J connectivity index is 2.61. The molecule has 0 unspecified atom stereocenters. The van der Waals surface area contributed by atoms with Crippen molar-refractivity contribution < 1.29 is 23.8 Å². The number of methoxy groups -OCH3 is 2. The van der Waals surface area contributed by atoms with Crippen molar-refractivity contribution in [2.75, 3.05) is 26.1 Å². The molecule has 1 aromatic rings. The normalized spacial score (nSPS) is 10.9. The van der Waals surface area contributed by atoms with Crippen LogP contribution in [0.2, 0.25) is 0 Å². The van der Waals surface area contributed by atoms with E-state index in [2.05, 4.69) is 21.7 Å². The van der Waals surface area contributed by atoms with Gasteiger partial charge in [-0.05, 0) is 30.7 Å². The summed E-state index contributed by atoms with van der Waals surface area (Å²) in [7, 11) is 2.48. The second-order valence-electron chi connectivity index (χ2n) is 5.13. The van der Waals surface area contributed by atoms with E-state index in [0.29, 0.717) is 12.3 Å². The number of carbonyl (C=O) groups is 2. The molecular weight excluding hydrogens is 310 g/mol. The fraction of sp³-hybridized carbons (Fsp3) is 0.444. The molecule has 132 valence electrons. The zero-order valence-electron chi connectivity index (χ0n) is 14.5. The van der Waals surface area contributed by atoms with Crippen LogP contribution in [0.4, 0.5) is 5.69 Å². The van der Waals surface area contributed by atoms with Crippen LogP contribution >= 0.6 is 0 Å². The third-order valence-corrected chi connectivity index (χ3v) is 3.27. The van der Waals surface area contributed by atoms with Crippen LogP contribution in [-0.2, 0) is 19.1 Å². The molecule has 24 heavy (non-hydrogen) atoms. The molecule has 0 saturated heterocycles. The van der Waals surface area contributed by atoms with Crippen LogP contribution in [0.15, 0.2) is 36.0 Å². The number of unbranched alkanes of at least 4 members (excludes halogenated alkanes) is 3. The molecule has 0 atom stereocenters. The molecule has 0 saturated carbocycles. The molecular formula is C18H25NO5. The van der Waals surface area contributed by atoms with Gasteiger partial charge in [-0.25, -0.2) is 9.59 Å². The van der Waals surface area contributed by atoms with E-state index >= 15 is 0 Å². The Morgan fingerprint density at radius 1 is 1.04 bits per heavy atom. The molecule has 0 radical (unpaired) electrons. The summed E-state index contributed by atoms with van der Waals surface area (Å²) in [4.78, 5) is 23.0. The summed E-state index contributed by atoms with van der Waals surface area (Å²) < 4.78 is 14.8. The van der Waals surface area contributed by atoms with Gasteiger partial charge >= 0.3 is 11.9 Å². The zero-order chi connectivity index (χ0) is 17.8. The van der Waals surface area contributed by atoms with Gasteiger partial charge in [0.25, 0.3) is 0 Å². The summed E-state index contributed by atoms with van der Waals surface area (Å²) in [6.45, 7) is 2.85. The molecule has 0 aliphatic heterocycles. The van der Waals surface area contributed by atoms with Gasteiger partial charge in [-0.2, -0.15) is 0 Å². The second kappa shape index (κ2) is 11.1. The van der Waals surface area contributed by atoms with Gasteiger partial charge in [-0.3, -0.25) is 0 Å². The molecule has 0 fully saturated rings. The highest BCUT2D eigenvalue weighted by atomic mass is 16.5. The van der Waals surface area contributed by atoms with Crippen LogP contribution < -0.4 is 10.1 Å². The fourth-order valence-electron chi connectivity index (χ4n) is 1.94. The molecule has 1 rings (SSSR count). The lowest BCUT2D eigenvalue weighted by molar-refractivity contribution is -0.138. The molecule has 0 aromatic heterocycles. The minimum absolute atomic E-state index is 0.00224. The molecule has 6 heteroatoms. The van der Waals surface area contributed by atoms with Crippen LogP contribution in [0.25, 0.3) is 0 Å². The lowest BCUT2D eigenvalue weighted by Gasteiger charge is -2.10. The van der Waals surface area contributed by atoms with Crippen LogP contribution in [0.1, 0.15) is 32.6 Å². The number of carbonyl (C=O) groups excluding carboxylic acids is 2. The number of esters is 2. The van der Waals surface area contributed by atoms with Gasteiger partial charge in [0.2, 0.25) is 0 Å². The second-order valence-corrected chi connectivity index (χ2v) is 5.13. The van der Waals surface area contributed by atoms with E-state index in [-0.39, 0.29) is 5.70 Å². The number of benzene rings is 1. The van der Waals surface area contributed by atoms with Crippen molar-refractivity contribution in [1.29, 1.82) is 0 Å². The van der Waals surface area contributed by atoms with E-state index in [1.54, 1.807) is 24.3 Å². The van der Waals surface area contributed by atoms with E-state index in [4.69, 9.17) is 4.74 Å². The highest BCUT2D eigenvalue weighted by Gasteiger charge is 2.12. The van der Waals surface area contributed by atoms with Crippen molar-refractivity contribution in [2.24, 2.45) is 0 Å². The summed E-state index contributed by atoms with van der Waals surface area (Å²) in [6.07, 6.45) is 5.65. The van der Waals surface area contributed by atoms with Gasteiger partial charge < -0.3 is 19.5 Å². The summed E-state index contributed by atoms with van der Waals surface area (Å²) in [5.41, 5.74) is 0.631. The summed E-state index contributed by atoms with van der Waals surface area (Å²) >= 11 is 0. The molecule has 0 spiro atoms. The van der Waals surface area contributed by atoms with Gasteiger partial charge in [-0.15, -0.1) is 0 Å². The number of anilines is 1. The van der Waals surface area contributed by atoms with Gasteiger partial charge in [0, 0.05) is 5.69 Å². The van der Waals surface area contributed by atoms with E-state index in [1.807, 2.05) is 0 Å². The minimum Gasteiger partial charge on any atom is -0.494 e. The Bertz CT molecular complexity index is 551. The monoisotopic (exact) mass is 335 g/mol. The van der Waals surface area contributed by atoms with Crippen molar-refractivity contribution in [2.45, 2.75) is 32.6 Å². The Morgan fingerprint density at radius 3 is 2.33 bits per heavy atom. The van der Waals surface area contributed by atoms with E-state index in [1.165, 1.54) is 27.1 Å². The molecule has 6 nitrogen and oxygen atoms in total. The standard InChI is InChI=1S/C18H25NO5/c1-4-5-6-7-12-24-15-10-8-14(9-11-15)19-16(18(21)23-3)13-17(20)22-2/h8-11,13,19H,4-7,12H2,1-3H3/b16-13+. The van der Waals surface area contributed by atoms with Crippen molar-refractivity contribution >= 4 is 17.6 Å². The molecule has 0 heterocycles. The van der Waals surface area contributed by atoms with Crippen molar-refractivity contribution in [3.05, 3.63) is 36.0 Å². The van der Waals surface area contributed by atoms with Gasteiger partial charge in [0.15, 0.2) is 0 Å². The van der Waals surface area contributed by atoms with E-state index in [9.17, 15) is 9.59 Å². The first kappa shape index (κ1) is 19.5. The van der Waals surface area contributed by atoms with Gasteiger partial charge in [0.1, 0.15) is 11.4 Å². The highest BCUT2D eigenvalue weighted by Crippen LogP contribution is 2.18. The lowest BCUT2D eigenvalue weighted by Crippen LogP contribution is -2.15. The minimum atomic E-state index is -0.656. The van der Waals surface area contributed by atoms with Crippen LogP contribution in [-0.4, -0.2) is 32.8 Å². The number of ether oxygens (including phenoxy) is 3. The predicted molar refractivity (Wildman–Crippen MR) is 91.8 cm³/mol. The largest absolute Gasteiger partial charge is 0.494 e.